The maximum atomic E-state index is 13.1. The Bertz CT molecular complexity index is 1180. The molecule has 0 radical (unpaired) electrons. The molecule has 0 bridgehead atoms. The molecular formula is C22H22N6O3. The summed E-state index contributed by atoms with van der Waals surface area (Å²) in [6, 6.07) is 10.5. The molecule has 1 aromatic carbocycles. The minimum absolute atomic E-state index is 0.0737. The van der Waals surface area contributed by atoms with Crippen molar-refractivity contribution in [2.75, 3.05) is 0 Å². The lowest BCUT2D eigenvalue weighted by atomic mass is 10.1. The average molecular weight is 418 g/mol. The number of benzene rings is 1. The van der Waals surface area contributed by atoms with E-state index in [4.69, 9.17) is 4.42 Å². The monoisotopic (exact) mass is 418 g/mol. The van der Waals surface area contributed by atoms with Crippen molar-refractivity contribution in [3.63, 3.8) is 0 Å². The molecule has 5 rings (SSSR count). The molecule has 2 aliphatic carbocycles. The number of hydrogen-bond acceptors (Lipinski definition) is 6. The number of oxazole rings is 1. The second-order valence-corrected chi connectivity index (χ2v) is 8.34. The second kappa shape index (κ2) is 7.23. The molecule has 9 heteroatoms. The van der Waals surface area contributed by atoms with Crippen LogP contribution < -0.4 is 10.6 Å². The predicted molar refractivity (Wildman–Crippen MR) is 110 cm³/mol. The summed E-state index contributed by atoms with van der Waals surface area (Å²) in [4.78, 5) is 30.5. The molecule has 2 fully saturated rings. The molecular weight excluding hydrogens is 396 g/mol. The maximum absolute atomic E-state index is 13.1. The minimum Gasteiger partial charge on any atom is -0.441 e. The van der Waals surface area contributed by atoms with Crippen molar-refractivity contribution < 1.29 is 14.0 Å². The highest BCUT2D eigenvalue weighted by molar-refractivity contribution is 5.97. The van der Waals surface area contributed by atoms with Gasteiger partial charge in [-0.05, 0) is 50.8 Å². The van der Waals surface area contributed by atoms with Gasteiger partial charge in [0.2, 0.25) is 5.91 Å². The smallest absolute Gasteiger partial charge is 0.270 e. The van der Waals surface area contributed by atoms with Gasteiger partial charge in [-0.25, -0.2) is 4.98 Å². The number of rotatable bonds is 7. The molecule has 3 aromatic rings. The van der Waals surface area contributed by atoms with Gasteiger partial charge in [0, 0.05) is 0 Å². The van der Waals surface area contributed by atoms with Crippen LogP contribution in [0, 0.1) is 18.3 Å². The Kier molecular flexibility index (Phi) is 4.50. The van der Waals surface area contributed by atoms with Crippen LogP contribution in [0.3, 0.4) is 0 Å². The first-order valence-corrected chi connectivity index (χ1v) is 10.4. The van der Waals surface area contributed by atoms with Crippen LogP contribution in [0.1, 0.15) is 53.8 Å². The number of carbonyl (C=O) groups is 2. The molecule has 158 valence electrons. The van der Waals surface area contributed by atoms with Crippen molar-refractivity contribution in [2.45, 2.75) is 56.7 Å². The third-order valence-corrected chi connectivity index (χ3v) is 5.65. The van der Waals surface area contributed by atoms with Gasteiger partial charge < -0.3 is 15.1 Å². The fourth-order valence-corrected chi connectivity index (χ4v) is 3.62. The van der Waals surface area contributed by atoms with Gasteiger partial charge in [-0.1, -0.05) is 12.1 Å². The number of para-hydroxylation sites is 2. The number of fused-ring (bicyclic) bond motifs is 1. The van der Waals surface area contributed by atoms with Gasteiger partial charge >= 0.3 is 0 Å². The van der Waals surface area contributed by atoms with Crippen LogP contribution in [0.4, 0.5) is 0 Å². The number of nitriles is 1. The van der Waals surface area contributed by atoms with Crippen LogP contribution in [0.5, 0.6) is 0 Å². The number of amides is 2. The number of carbonyl (C=O) groups excluding carboxylic acids is 2. The summed E-state index contributed by atoms with van der Waals surface area (Å²) in [5, 5.41) is 19.4. The molecule has 2 heterocycles. The van der Waals surface area contributed by atoms with E-state index in [9.17, 15) is 14.9 Å². The van der Waals surface area contributed by atoms with E-state index in [1.165, 1.54) is 0 Å². The molecule has 0 aliphatic heterocycles. The Labute approximate surface area is 178 Å². The molecule has 2 N–H and O–H groups in total. The first kappa shape index (κ1) is 19.3. The molecule has 2 saturated carbocycles. The average Bonchev–Trinajstić information content (AvgIpc) is 3.67. The summed E-state index contributed by atoms with van der Waals surface area (Å²) in [7, 11) is 0. The molecule has 1 atom stereocenters. The zero-order chi connectivity index (χ0) is 21.6. The molecule has 2 aliphatic rings. The highest BCUT2D eigenvalue weighted by Gasteiger charge is 2.46. The van der Waals surface area contributed by atoms with Crippen molar-refractivity contribution >= 4 is 22.9 Å². The normalized spacial score (nSPS) is 17.7. The third-order valence-electron chi connectivity index (χ3n) is 5.65. The number of nitrogens with one attached hydrogen (secondary N) is 2. The van der Waals surface area contributed by atoms with Crippen molar-refractivity contribution in [3.05, 3.63) is 47.6 Å². The van der Waals surface area contributed by atoms with E-state index in [1.54, 1.807) is 16.8 Å². The van der Waals surface area contributed by atoms with Crippen LogP contribution in [0.25, 0.3) is 11.1 Å². The van der Waals surface area contributed by atoms with E-state index in [0.29, 0.717) is 35.5 Å². The fraction of sp³-hybridized carbons (Fsp3) is 0.409. The van der Waals surface area contributed by atoms with Crippen LogP contribution in [0.2, 0.25) is 0 Å². The maximum Gasteiger partial charge on any atom is 0.270 e. The Morgan fingerprint density at radius 3 is 2.81 bits per heavy atom. The van der Waals surface area contributed by atoms with E-state index in [0.717, 1.165) is 18.5 Å². The first-order chi connectivity index (χ1) is 15.0. The van der Waals surface area contributed by atoms with Crippen molar-refractivity contribution in [3.8, 4) is 6.07 Å². The largest absolute Gasteiger partial charge is 0.441 e. The van der Waals surface area contributed by atoms with E-state index in [1.807, 2.05) is 25.1 Å². The van der Waals surface area contributed by atoms with Crippen LogP contribution in [-0.2, 0) is 11.2 Å². The van der Waals surface area contributed by atoms with E-state index in [2.05, 4.69) is 26.8 Å². The van der Waals surface area contributed by atoms with Crippen molar-refractivity contribution in [2.24, 2.45) is 0 Å². The topological polar surface area (TPSA) is 126 Å². The van der Waals surface area contributed by atoms with Crippen LogP contribution in [0.15, 0.2) is 34.7 Å². The van der Waals surface area contributed by atoms with Crippen LogP contribution in [-0.4, -0.2) is 38.2 Å². The highest BCUT2D eigenvalue weighted by Crippen LogP contribution is 2.36. The number of aromatic nitrogens is 3. The SMILES string of the molecule is Cc1cc(C(=O)N[C@@H](Cc2nc3ccccc3o2)C(=O)NC2(C#N)CC2)n(C2CC2)n1. The Morgan fingerprint density at radius 1 is 1.35 bits per heavy atom. The molecule has 9 nitrogen and oxygen atoms in total. The predicted octanol–water partition coefficient (Wildman–Crippen LogP) is 2.18. The Hall–Kier alpha value is -3.67. The van der Waals surface area contributed by atoms with E-state index >= 15 is 0 Å². The van der Waals surface area contributed by atoms with Crippen molar-refractivity contribution in [1.82, 2.24) is 25.4 Å². The zero-order valence-electron chi connectivity index (χ0n) is 17.1. The summed E-state index contributed by atoms with van der Waals surface area (Å²) in [5.74, 6) is -0.468. The number of hydrogen-bond donors (Lipinski definition) is 2. The first-order valence-electron chi connectivity index (χ1n) is 10.4. The summed E-state index contributed by atoms with van der Waals surface area (Å²) in [6.45, 7) is 1.84. The summed E-state index contributed by atoms with van der Waals surface area (Å²) >= 11 is 0. The quantitative estimate of drug-likeness (QED) is 0.606. The molecule has 0 spiro atoms. The standard InChI is InChI=1S/C22H22N6O3/c1-13-10-17(28(27-13)14-6-7-14)21(30)25-16(20(29)26-22(12-23)8-9-22)11-19-24-15-4-2-3-5-18(15)31-19/h2-5,10,14,16H,6-9,11H2,1H3,(H,25,30)(H,26,29)/t16-/m0/s1. The number of nitrogens with zero attached hydrogens (tertiary/aromatic N) is 4. The van der Waals surface area contributed by atoms with Gasteiger partial charge in [0.25, 0.3) is 5.91 Å². The summed E-state index contributed by atoms with van der Waals surface area (Å²) in [5.41, 5.74) is 1.63. The van der Waals surface area contributed by atoms with E-state index < -0.39 is 17.5 Å². The van der Waals surface area contributed by atoms with Gasteiger partial charge in [-0.3, -0.25) is 14.3 Å². The van der Waals surface area contributed by atoms with Crippen LogP contribution >= 0.6 is 0 Å². The van der Waals surface area contributed by atoms with Gasteiger partial charge in [-0.15, -0.1) is 0 Å². The second-order valence-electron chi connectivity index (χ2n) is 8.34. The molecule has 0 saturated heterocycles. The molecule has 31 heavy (non-hydrogen) atoms. The summed E-state index contributed by atoms with van der Waals surface area (Å²) in [6.07, 6.45) is 3.25. The zero-order valence-corrected chi connectivity index (χ0v) is 17.1. The fourth-order valence-electron chi connectivity index (χ4n) is 3.62. The number of aryl methyl sites for hydroxylation is 1. The highest BCUT2D eigenvalue weighted by atomic mass is 16.3. The summed E-state index contributed by atoms with van der Waals surface area (Å²) < 4.78 is 7.49. The lowest BCUT2D eigenvalue weighted by Gasteiger charge is -2.19. The Balaban J connectivity index is 1.40. The molecule has 0 unspecified atom stereocenters. The molecule has 2 amide bonds. The van der Waals surface area contributed by atoms with Gasteiger partial charge in [0.1, 0.15) is 22.8 Å². The lowest BCUT2D eigenvalue weighted by Crippen LogP contribution is -2.51. The lowest BCUT2D eigenvalue weighted by molar-refractivity contribution is -0.123. The third kappa shape index (κ3) is 3.89. The Morgan fingerprint density at radius 2 is 2.13 bits per heavy atom. The van der Waals surface area contributed by atoms with Gasteiger partial charge in [-0.2, -0.15) is 10.4 Å². The van der Waals surface area contributed by atoms with E-state index in [-0.39, 0.29) is 18.4 Å². The minimum atomic E-state index is -0.936. The van der Waals surface area contributed by atoms with Gasteiger partial charge in [0.15, 0.2) is 11.5 Å². The molecule has 2 aromatic heterocycles. The van der Waals surface area contributed by atoms with Gasteiger partial charge in [0.05, 0.1) is 24.2 Å². The van der Waals surface area contributed by atoms with Crippen molar-refractivity contribution in [1.29, 1.82) is 5.26 Å².